The molecule has 0 saturated carbocycles. The van der Waals surface area contributed by atoms with Crippen molar-refractivity contribution in [2.45, 2.75) is 6.92 Å². The number of carbonyl (C=O) groups is 1. The molecule has 1 aromatic heterocycles. The lowest BCUT2D eigenvalue weighted by atomic mass is 10.2. The summed E-state index contributed by atoms with van der Waals surface area (Å²) in [5, 5.41) is 1.34. The number of nitrogens with zero attached hydrogens (tertiary/aromatic N) is 3. The van der Waals surface area contributed by atoms with Crippen LogP contribution in [0.25, 0.3) is 10.2 Å². The Kier molecular flexibility index (Phi) is 6.51. The minimum atomic E-state index is -0.0569. The van der Waals surface area contributed by atoms with Crippen molar-refractivity contribution in [2.24, 2.45) is 0 Å². The fourth-order valence-corrected chi connectivity index (χ4v) is 4.91. The Hall–Kier alpha value is -1.51. The number of hydrogen-bond donors (Lipinski definition) is 0. The summed E-state index contributed by atoms with van der Waals surface area (Å²) in [6.45, 7) is 6.57. The fourth-order valence-electron chi connectivity index (χ4n) is 3.30. The molecule has 29 heavy (non-hydrogen) atoms. The van der Waals surface area contributed by atoms with E-state index in [1.807, 2.05) is 43.3 Å². The molecule has 1 saturated heterocycles. The second-order valence-electron chi connectivity index (χ2n) is 6.96. The van der Waals surface area contributed by atoms with E-state index in [9.17, 15) is 4.79 Å². The van der Waals surface area contributed by atoms with Crippen molar-refractivity contribution in [1.82, 2.24) is 9.88 Å². The number of aromatic nitrogens is 1. The molecule has 1 aliphatic heterocycles. The van der Waals surface area contributed by atoms with E-state index in [0.717, 1.165) is 53.1 Å². The van der Waals surface area contributed by atoms with E-state index < -0.39 is 0 Å². The van der Waals surface area contributed by atoms with Crippen LogP contribution in [0.1, 0.15) is 15.9 Å². The zero-order valence-corrected chi connectivity index (χ0v) is 19.2. The number of morpholine rings is 1. The molecular formula is C21H21BrClN3O2S. The normalized spacial score (nSPS) is 15.0. The second-order valence-corrected chi connectivity index (χ2v) is 9.26. The molecule has 3 aromatic rings. The van der Waals surface area contributed by atoms with E-state index in [2.05, 4.69) is 20.8 Å². The van der Waals surface area contributed by atoms with Crippen molar-refractivity contribution in [3.8, 4) is 0 Å². The quantitative estimate of drug-likeness (QED) is 0.501. The van der Waals surface area contributed by atoms with Crippen LogP contribution in [0.4, 0.5) is 5.13 Å². The van der Waals surface area contributed by atoms with Gasteiger partial charge in [-0.15, -0.1) is 0 Å². The number of hydrogen-bond acceptors (Lipinski definition) is 5. The zero-order valence-electron chi connectivity index (χ0n) is 16.0. The predicted molar refractivity (Wildman–Crippen MR) is 122 cm³/mol. The number of fused-ring (bicyclic) bond motifs is 1. The number of ether oxygens (including phenoxy) is 1. The molecule has 0 unspecified atom stereocenters. The van der Waals surface area contributed by atoms with Gasteiger partial charge < -0.3 is 4.74 Å². The molecule has 1 amide bonds. The third-order valence-electron chi connectivity index (χ3n) is 5.00. The van der Waals surface area contributed by atoms with E-state index in [0.29, 0.717) is 22.3 Å². The molecule has 0 aliphatic carbocycles. The number of amides is 1. The summed E-state index contributed by atoms with van der Waals surface area (Å²) < 4.78 is 7.29. The molecule has 0 atom stereocenters. The van der Waals surface area contributed by atoms with Gasteiger partial charge in [0.2, 0.25) is 0 Å². The number of aryl methyl sites for hydroxylation is 1. The average Bonchev–Trinajstić information content (AvgIpc) is 3.19. The summed E-state index contributed by atoms with van der Waals surface area (Å²) in [6.07, 6.45) is 0. The van der Waals surface area contributed by atoms with Crippen molar-refractivity contribution in [3.05, 3.63) is 57.0 Å². The van der Waals surface area contributed by atoms with E-state index >= 15 is 0 Å². The van der Waals surface area contributed by atoms with Gasteiger partial charge in [-0.25, -0.2) is 4.98 Å². The Balaban J connectivity index is 1.67. The van der Waals surface area contributed by atoms with E-state index in [4.69, 9.17) is 21.3 Å². The number of halogens is 2. The smallest absolute Gasteiger partial charge is 0.260 e. The van der Waals surface area contributed by atoms with Crippen LogP contribution < -0.4 is 4.90 Å². The monoisotopic (exact) mass is 493 g/mol. The van der Waals surface area contributed by atoms with Gasteiger partial charge in [0.1, 0.15) is 0 Å². The maximum Gasteiger partial charge on any atom is 0.260 e. The summed E-state index contributed by atoms with van der Waals surface area (Å²) in [4.78, 5) is 22.3. The van der Waals surface area contributed by atoms with Gasteiger partial charge in [-0.05, 0) is 42.8 Å². The van der Waals surface area contributed by atoms with Crippen LogP contribution in [-0.2, 0) is 4.74 Å². The van der Waals surface area contributed by atoms with E-state index in [1.165, 1.54) is 11.3 Å². The first-order valence-corrected chi connectivity index (χ1v) is 11.4. The lowest BCUT2D eigenvalue weighted by Gasteiger charge is -2.29. The summed E-state index contributed by atoms with van der Waals surface area (Å²) in [6, 6.07) is 11.3. The van der Waals surface area contributed by atoms with Crippen LogP contribution in [-0.4, -0.2) is 55.2 Å². The molecule has 0 spiro atoms. The SMILES string of the molecule is Cc1ccc(Cl)c2sc(N(CCN3CCOCC3)C(=O)c3ccc(Br)cc3)nc12. The molecule has 1 fully saturated rings. The molecule has 2 aromatic carbocycles. The molecule has 4 rings (SSSR count). The van der Waals surface area contributed by atoms with Crippen molar-refractivity contribution in [3.63, 3.8) is 0 Å². The van der Waals surface area contributed by atoms with Gasteiger partial charge in [0.15, 0.2) is 5.13 Å². The minimum Gasteiger partial charge on any atom is -0.379 e. The van der Waals surface area contributed by atoms with Gasteiger partial charge in [0.05, 0.1) is 28.5 Å². The minimum absolute atomic E-state index is 0.0569. The Morgan fingerprint density at radius 1 is 1.24 bits per heavy atom. The molecule has 2 heterocycles. The highest BCUT2D eigenvalue weighted by molar-refractivity contribution is 9.10. The maximum absolute atomic E-state index is 13.4. The van der Waals surface area contributed by atoms with Gasteiger partial charge in [0, 0.05) is 36.2 Å². The third-order valence-corrected chi connectivity index (χ3v) is 7.06. The molecule has 152 valence electrons. The van der Waals surface area contributed by atoms with Crippen LogP contribution in [0.5, 0.6) is 0 Å². The standard InChI is InChI=1S/C21H21BrClN3O2S/c1-14-2-7-17(23)19-18(14)24-21(29-19)26(9-8-25-10-12-28-13-11-25)20(27)15-3-5-16(22)6-4-15/h2-7H,8-13H2,1H3. The second kappa shape index (κ2) is 9.10. The molecule has 0 radical (unpaired) electrons. The van der Waals surface area contributed by atoms with Crippen molar-refractivity contribution < 1.29 is 9.53 Å². The van der Waals surface area contributed by atoms with E-state index in [1.54, 1.807) is 4.90 Å². The Morgan fingerprint density at radius 3 is 2.66 bits per heavy atom. The van der Waals surface area contributed by atoms with Crippen LogP contribution in [0.2, 0.25) is 5.02 Å². The highest BCUT2D eigenvalue weighted by atomic mass is 79.9. The molecule has 0 N–H and O–H groups in total. The molecular weight excluding hydrogens is 474 g/mol. The zero-order chi connectivity index (χ0) is 20.4. The Bertz CT molecular complexity index is 980. The van der Waals surface area contributed by atoms with Gasteiger partial charge in [-0.3, -0.25) is 14.6 Å². The predicted octanol–water partition coefficient (Wildman–Crippen LogP) is 5.00. The molecule has 1 aliphatic rings. The van der Waals surface area contributed by atoms with Crippen molar-refractivity contribution in [2.75, 3.05) is 44.3 Å². The maximum atomic E-state index is 13.4. The number of carbonyl (C=O) groups excluding carboxylic acids is 1. The molecule has 8 heteroatoms. The third kappa shape index (κ3) is 4.64. The van der Waals surface area contributed by atoms with Crippen LogP contribution >= 0.6 is 38.9 Å². The largest absolute Gasteiger partial charge is 0.379 e. The van der Waals surface area contributed by atoms with Crippen molar-refractivity contribution >= 4 is 60.1 Å². The first-order valence-electron chi connectivity index (χ1n) is 9.46. The number of anilines is 1. The lowest BCUT2D eigenvalue weighted by molar-refractivity contribution is 0.0391. The lowest BCUT2D eigenvalue weighted by Crippen LogP contribution is -2.43. The first kappa shape index (κ1) is 20.8. The summed E-state index contributed by atoms with van der Waals surface area (Å²) in [5.41, 5.74) is 2.55. The number of thiazole rings is 1. The summed E-state index contributed by atoms with van der Waals surface area (Å²) >= 11 is 11.3. The summed E-state index contributed by atoms with van der Waals surface area (Å²) in [5.74, 6) is -0.0569. The highest BCUT2D eigenvalue weighted by Gasteiger charge is 2.23. The van der Waals surface area contributed by atoms with Crippen LogP contribution in [0, 0.1) is 6.92 Å². The van der Waals surface area contributed by atoms with E-state index in [-0.39, 0.29) is 5.91 Å². The number of rotatable bonds is 5. The molecule has 5 nitrogen and oxygen atoms in total. The molecule has 0 bridgehead atoms. The van der Waals surface area contributed by atoms with Gasteiger partial charge >= 0.3 is 0 Å². The Labute approximate surface area is 187 Å². The first-order chi connectivity index (χ1) is 14.0. The van der Waals surface area contributed by atoms with Gasteiger partial charge in [-0.1, -0.05) is 44.9 Å². The summed E-state index contributed by atoms with van der Waals surface area (Å²) in [7, 11) is 0. The van der Waals surface area contributed by atoms with Crippen LogP contribution in [0.15, 0.2) is 40.9 Å². The Morgan fingerprint density at radius 2 is 1.97 bits per heavy atom. The number of benzene rings is 2. The van der Waals surface area contributed by atoms with Gasteiger partial charge in [0.25, 0.3) is 5.91 Å². The fraction of sp³-hybridized carbons (Fsp3) is 0.333. The highest BCUT2D eigenvalue weighted by Crippen LogP contribution is 2.36. The van der Waals surface area contributed by atoms with Gasteiger partial charge in [-0.2, -0.15) is 0 Å². The van der Waals surface area contributed by atoms with Crippen molar-refractivity contribution in [1.29, 1.82) is 0 Å². The average molecular weight is 495 g/mol. The topological polar surface area (TPSA) is 45.7 Å². The van der Waals surface area contributed by atoms with Crippen LogP contribution in [0.3, 0.4) is 0 Å².